The smallest absolute Gasteiger partial charge is 0.161 e. The normalized spacial score (nSPS) is 10.6. The predicted octanol–water partition coefficient (Wildman–Crippen LogP) is 4.34. The van der Waals surface area contributed by atoms with Crippen LogP contribution in [0.15, 0.2) is 73.8 Å². The topological polar surface area (TPSA) is 73.8 Å². The summed E-state index contributed by atoms with van der Waals surface area (Å²) in [6, 6.07) is 15.0. The van der Waals surface area contributed by atoms with Crippen LogP contribution in [0.2, 0.25) is 0 Å². The standard InChI is InChI=1S/C28H38O8/c1-3-13-33-25-9-5-7-11-27(25)35-23-21-31-19-17-29-15-16-30-18-20-32-22-24-36-28-12-8-6-10-26(28)34-14-4-2/h3-12H,1-2,13-24H2. The van der Waals surface area contributed by atoms with Crippen molar-refractivity contribution in [2.24, 2.45) is 0 Å². The molecule has 0 aliphatic rings. The Kier molecular flexibility index (Phi) is 16.4. The van der Waals surface area contributed by atoms with Crippen molar-refractivity contribution < 1.29 is 37.9 Å². The first-order valence-corrected chi connectivity index (χ1v) is 12.1. The molecule has 0 aliphatic heterocycles. The molecule has 0 atom stereocenters. The second-order valence-corrected chi connectivity index (χ2v) is 7.24. The molecule has 8 heteroatoms. The van der Waals surface area contributed by atoms with Crippen molar-refractivity contribution in [1.82, 2.24) is 0 Å². The van der Waals surface area contributed by atoms with Crippen molar-refractivity contribution in [3.8, 4) is 23.0 Å². The van der Waals surface area contributed by atoms with Gasteiger partial charge in [0.2, 0.25) is 0 Å². The fraction of sp³-hybridized carbons (Fsp3) is 0.429. The lowest BCUT2D eigenvalue weighted by Gasteiger charge is -2.12. The van der Waals surface area contributed by atoms with Gasteiger partial charge in [-0.3, -0.25) is 0 Å². The van der Waals surface area contributed by atoms with E-state index in [-0.39, 0.29) is 0 Å². The molecule has 0 bridgehead atoms. The highest BCUT2D eigenvalue weighted by atomic mass is 16.6. The number of rotatable bonds is 23. The third kappa shape index (κ3) is 13.2. The molecule has 0 aromatic heterocycles. The summed E-state index contributed by atoms with van der Waals surface area (Å²) in [6.45, 7) is 12.9. The number of para-hydroxylation sites is 4. The van der Waals surface area contributed by atoms with Crippen molar-refractivity contribution in [2.75, 3.05) is 79.3 Å². The van der Waals surface area contributed by atoms with Crippen molar-refractivity contribution in [1.29, 1.82) is 0 Å². The van der Waals surface area contributed by atoms with Gasteiger partial charge in [-0.2, -0.15) is 0 Å². The van der Waals surface area contributed by atoms with E-state index in [0.29, 0.717) is 102 Å². The van der Waals surface area contributed by atoms with E-state index < -0.39 is 0 Å². The molecule has 0 N–H and O–H groups in total. The van der Waals surface area contributed by atoms with Crippen LogP contribution in [0.25, 0.3) is 0 Å². The highest BCUT2D eigenvalue weighted by molar-refractivity contribution is 5.40. The van der Waals surface area contributed by atoms with Gasteiger partial charge < -0.3 is 37.9 Å². The third-order valence-corrected chi connectivity index (χ3v) is 4.50. The van der Waals surface area contributed by atoms with Crippen molar-refractivity contribution in [3.05, 3.63) is 73.8 Å². The fourth-order valence-electron chi connectivity index (χ4n) is 2.86. The maximum absolute atomic E-state index is 5.71. The molecule has 0 amide bonds. The van der Waals surface area contributed by atoms with Crippen LogP contribution in [-0.2, 0) is 18.9 Å². The molecule has 0 heterocycles. The molecule has 0 radical (unpaired) electrons. The number of hydrogen-bond donors (Lipinski definition) is 0. The van der Waals surface area contributed by atoms with E-state index in [2.05, 4.69) is 13.2 Å². The lowest BCUT2D eigenvalue weighted by molar-refractivity contribution is -0.00711. The van der Waals surface area contributed by atoms with Crippen molar-refractivity contribution in [2.45, 2.75) is 0 Å². The lowest BCUT2D eigenvalue weighted by Crippen LogP contribution is -2.15. The van der Waals surface area contributed by atoms with E-state index in [4.69, 9.17) is 37.9 Å². The molecule has 0 spiro atoms. The number of benzene rings is 2. The van der Waals surface area contributed by atoms with Crippen LogP contribution in [0.4, 0.5) is 0 Å². The van der Waals surface area contributed by atoms with E-state index in [1.807, 2.05) is 48.5 Å². The van der Waals surface area contributed by atoms with E-state index >= 15 is 0 Å². The molecule has 0 fully saturated rings. The zero-order valence-electron chi connectivity index (χ0n) is 20.9. The Morgan fingerprint density at radius 1 is 0.417 bits per heavy atom. The summed E-state index contributed by atoms with van der Waals surface area (Å²) in [6.07, 6.45) is 3.39. The van der Waals surface area contributed by atoms with Gasteiger partial charge in [-0.1, -0.05) is 49.6 Å². The van der Waals surface area contributed by atoms with E-state index in [0.717, 1.165) is 0 Å². The van der Waals surface area contributed by atoms with Gasteiger partial charge in [-0.15, -0.1) is 0 Å². The molecule has 36 heavy (non-hydrogen) atoms. The minimum Gasteiger partial charge on any atom is -0.487 e. The van der Waals surface area contributed by atoms with Crippen LogP contribution in [0, 0.1) is 0 Å². The lowest BCUT2D eigenvalue weighted by atomic mass is 10.3. The second-order valence-electron chi connectivity index (χ2n) is 7.24. The summed E-state index contributed by atoms with van der Waals surface area (Å²) < 4.78 is 44.6. The van der Waals surface area contributed by atoms with Gasteiger partial charge in [-0.05, 0) is 24.3 Å². The first-order valence-electron chi connectivity index (χ1n) is 12.1. The summed E-state index contributed by atoms with van der Waals surface area (Å²) in [7, 11) is 0. The predicted molar refractivity (Wildman–Crippen MR) is 139 cm³/mol. The molecule has 198 valence electrons. The highest BCUT2D eigenvalue weighted by Crippen LogP contribution is 2.27. The van der Waals surface area contributed by atoms with E-state index in [1.54, 1.807) is 12.2 Å². The van der Waals surface area contributed by atoms with Crippen molar-refractivity contribution >= 4 is 0 Å². The van der Waals surface area contributed by atoms with Gasteiger partial charge in [0.15, 0.2) is 23.0 Å². The van der Waals surface area contributed by atoms with Gasteiger partial charge in [0.05, 0.1) is 52.9 Å². The molecular weight excluding hydrogens is 464 g/mol. The van der Waals surface area contributed by atoms with Gasteiger partial charge >= 0.3 is 0 Å². The van der Waals surface area contributed by atoms with Gasteiger partial charge in [-0.25, -0.2) is 0 Å². The molecule has 8 nitrogen and oxygen atoms in total. The quantitative estimate of drug-likeness (QED) is 0.164. The average Bonchev–Trinajstić information content (AvgIpc) is 2.91. The summed E-state index contributed by atoms with van der Waals surface area (Å²) in [5.41, 5.74) is 0. The Labute approximate surface area is 214 Å². The molecule has 2 rings (SSSR count). The maximum atomic E-state index is 5.71. The number of ether oxygens (including phenoxy) is 8. The molecule has 2 aromatic rings. The summed E-state index contributed by atoms with van der Waals surface area (Å²) in [5.74, 6) is 2.75. The van der Waals surface area contributed by atoms with Crippen LogP contribution in [0.5, 0.6) is 23.0 Å². The summed E-state index contributed by atoms with van der Waals surface area (Å²) in [4.78, 5) is 0. The SMILES string of the molecule is C=CCOc1ccccc1OCCOCCOCCOCCOCCOc1ccccc1OCC=C. The van der Waals surface area contributed by atoms with Gasteiger partial charge in [0, 0.05) is 0 Å². The highest BCUT2D eigenvalue weighted by Gasteiger charge is 2.04. The Bertz CT molecular complexity index is 772. The zero-order valence-corrected chi connectivity index (χ0v) is 20.9. The van der Waals surface area contributed by atoms with Crippen LogP contribution in [0.3, 0.4) is 0 Å². The van der Waals surface area contributed by atoms with Gasteiger partial charge in [0.25, 0.3) is 0 Å². The molecule has 2 aromatic carbocycles. The third-order valence-electron chi connectivity index (χ3n) is 4.50. The first-order chi connectivity index (χ1) is 17.8. The largest absolute Gasteiger partial charge is 0.487 e. The molecule has 0 aliphatic carbocycles. The molecule has 0 unspecified atom stereocenters. The fourth-order valence-corrected chi connectivity index (χ4v) is 2.86. The minimum atomic E-state index is 0.429. The van der Waals surface area contributed by atoms with Crippen LogP contribution in [-0.4, -0.2) is 79.3 Å². The van der Waals surface area contributed by atoms with Crippen LogP contribution in [0.1, 0.15) is 0 Å². The zero-order chi connectivity index (χ0) is 25.5. The second kappa shape index (κ2) is 20.2. The van der Waals surface area contributed by atoms with Gasteiger partial charge in [0.1, 0.15) is 26.4 Å². The Hall–Kier alpha value is -3.04. The molecule has 0 saturated carbocycles. The van der Waals surface area contributed by atoms with E-state index in [1.165, 1.54) is 0 Å². The molecule has 0 saturated heterocycles. The monoisotopic (exact) mass is 502 g/mol. The van der Waals surface area contributed by atoms with E-state index in [9.17, 15) is 0 Å². The van der Waals surface area contributed by atoms with Crippen molar-refractivity contribution in [3.63, 3.8) is 0 Å². The van der Waals surface area contributed by atoms with Crippen LogP contribution < -0.4 is 18.9 Å². The molecular formula is C28H38O8. The summed E-state index contributed by atoms with van der Waals surface area (Å²) in [5, 5.41) is 0. The Balaban J connectivity index is 1.36. The average molecular weight is 503 g/mol. The Morgan fingerprint density at radius 3 is 1.00 bits per heavy atom. The minimum absolute atomic E-state index is 0.429. The Morgan fingerprint density at radius 2 is 0.694 bits per heavy atom. The number of hydrogen-bond acceptors (Lipinski definition) is 8. The maximum Gasteiger partial charge on any atom is 0.161 e. The van der Waals surface area contributed by atoms with Crippen LogP contribution >= 0.6 is 0 Å². The summed E-state index contributed by atoms with van der Waals surface area (Å²) >= 11 is 0. The first kappa shape index (κ1) is 29.2.